The molecular formula is C22H23FN2OS2. The van der Waals surface area contributed by atoms with Crippen LogP contribution in [0.25, 0.3) is 0 Å². The quantitative estimate of drug-likeness (QED) is 0.514. The van der Waals surface area contributed by atoms with E-state index in [9.17, 15) is 9.18 Å². The van der Waals surface area contributed by atoms with Crippen molar-refractivity contribution in [3.63, 3.8) is 0 Å². The van der Waals surface area contributed by atoms with Crippen LogP contribution in [0.15, 0.2) is 70.9 Å². The molecule has 2 aromatic carbocycles. The number of nitrogens with one attached hydrogen (secondary N) is 1. The summed E-state index contributed by atoms with van der Waals surface area (Å²) in [6.45, 7) is 0.402. The number of rotatable bonds is 8. The fraction of sp³-hybridized carbons (Fsp3) is 0.227. The number of likely N-dealkylation sites (N-methyl/N-ethyl adjacent to an activating group) is 1. The van der Waals surface area contributed by atoms with Gasteiger partial charge in [-0.1, -0.05) is 30.3 Å². The van der Waals surface area contributed by atoms with Crippen molar-refractivity contribution in [1.82, 2.24) is 10.2 Å². The maximum Gasteiger partial charge on any atom is 0.252 e. The Morgan fingerprint density at radius 3 is 2.68 bits per heavy atom. The minimum atomic E-state index is -0.272. The third-order valence-corrected chi connectivity index (χ3v) is 6.58. The highest BCUT2D eigenvalue weighted by atomic mass is 32.2. The van der Waals surface area contributed by atoms with E-state index in [2.05, 4.69) is 16.8 Å². The number of hydrogen-bond acceptors (Lipinski definition) is 4. The zero-order valence-corrected chi connectivity index (χ0v) is 17.5. The molecule has 3 rings (SSSR count). The second kappa shape index (κ2) is 9.87. The molecule has 1 heterocycles. The molecule has 3 nitrogen and oxygen atoms in total. The highest BCUT2D eigenvalue weighted by Gasteiger charge is 2.18. The summed E-state index contributed by atoms with van der Waals surface area (Å²) >= 11 is 3.38. The number of benzene rings is 2. The lowest BCUT2D eigenvalue weighted by Gasteiger charge is -2.25. The molecule has 1 atom stereocenters. The fourth-order valence-corrected chi connectivity index (χ4v) is 4.74. The molecule has 0 radical (unpaired) electrons. The second-order valence-electron chi connectivity index (χ2n) is 6.61. The first kappa shape index (κ1) is 20.6. The summed E-state index contributed by atoms with van der Waals surface area (Å²) in [7, 11) is 3.85. The van der Waals surface area contributed by atoms with Gasteiger partial charge in [0, 0.05) is 22.1 Å². The third kappa shape index (κ3) is 5.44. The van der Waals surface area contributed by atoms with E-state index in [-0.39, 0.29) is 17.8 Å². The molecule has 0 spiro atoms. The van der Waals surface area contributed by atoms with Crippen LogP contribution in [-0.4, -0.2) is 31.4 Å². The zero-order valence-electron chi connectivity index (χ0n) is 15.9. The Morgan fingerprint density at radius 2 is 1.96 bits per heavy atom. The summed E-state index contributed by atoms with van der Waals surface area (Å²) in [6, 6.07) is 18.2. The van der Waals surface area contributed by atoms with Gasteiger partial charge in [0.2, 0.25) is 0 Å². The molecule has 1 amide bonds. The zero-order chi connectivity index (χ0) is 19.9. The Labute approximate surface area is 173 Å². The van der Waals surface area contributed by atoms with Crippen molar-refractivity contribution < 1.29 is 9.18 Å². The predicted octanol–water partition coefficient (Wildman–Crippen LogP) is 5.21. The highest BCUT2D eigenvalue weighted by molar-refractivity contribution is 7.98. The van der Waals surface area contributed by atoms with Crippen LogP contribution < -0.4 is 5.32 Å². The van der Waals surface area contributed by atoms with E-state index < -0.39 is 0 Å². The molecule has 146 valence electrons. The van der Waals surface area contributed by atoms with E-state index >= 15 is 0 Å². The smallest absolute Gasteiger partial charge is 0.252 e. The lowest BCUT2D eigenvalue weighted by Crippen LogP contribution is -2.34. The summed E-state index contributed by atoms with van der Waals surface area (Å²) in [5.74, 6) is 0.453. The van der Waals surface area contributed by atoms with E-state index in [0.717, 1.165) is 16.2 Å². The number of halogens is 1. The molecule has 0 saturated heterocycles. The van der Waals surface area contributed by atoms with Crippen molar-refractivity contribution in [2.24, 2.45) is 0 Å². The number of nitrogens with zero attached hydrogens (tertiary/aromatic N) is 1. The van der Waals surface area contributed by atoms with Crippen LogP contribution >= 0.6 is 23.1 Å². The highest BCUT2D eigenvalue weighted by Crippen LogP contribution is 2.28. The molecule has 0 bridgehead atoms. The van der Waals surface area contributed by atoms with Gasteiger partial charge in [0.1, 0.15) is 5.82 Å². The Hall–Kier alpha value is -2.15. The first-order valence-electron chi connectivity index (χ1n) is 8.99. The molecule has 0 aliphatic carbocycles. The molecule has 3 aromatic rings. The molecule has 0 aliphatic rings. The van der Waals surface area contributed by atoms with Gasteiger partial charge in [-0.25, -0.2) is 4.39 Å². The fourth-order valence-electron chi connectivity index (χ4n) is 2.92. The van der Waals surface area contributed by atoms with Gasteiger partial charge in [-0.2, -0.15) is 0 Å². The Kier molecular flexibility index (Phi) is 7.25. The number of thiophene rings is 1. The first-order chi connectivity index (χ1) is 13.5. The summed E-state index contributed by atoms with van der Waals surface area (Å²) in [5, 5.41) is 5.08. The standard InChI is InChI=1S/C22H23FN2OS2/c1-25(2)20(16-7-5-8-17(23)13-16)14-24-22(26)19-10-3-4-11-21(19)28-15-18-9-6-12-27-18/h3-13,20H,14-15H2,1-2H3,(H,24,26). The van der Waals surface area contributed by atoms with Crippen molar-refractivity contribution in [2.45, 2.75) is 16.7 Å². The monoisotopic (exact) mass is 414 g/mol. The topological polar surface area (TPSA) is 32.3 Å². The van der Waals surface area contributed by atoms with Crippen LogP contribution in [0.2, 0.25) is 0 Å². The Morgan fingerprint density at radius 1 is 1.14 bits per heavy atom. The average molecular weight is 415 g/mol. The minimum Gasteiger partial charge on any atom is -0.350 e. The largest absolute Gasteiger partial charge is 0.350 e. The van der Waals surface area contributed by atoms with Gasteiger partial charge in [-0.15, -0.1) is 23.1 Å². The van der Waals surface area contributed by atoms with Gasteiger partial charge >= 0.3 is 0 Å². The molecular weight excluding hydrogens is 391 g/mol. The Balaban J connectivity index is 1.68. The predicted molar refractivity (Wildman–Crippen MR) is 115 cm³/mol. The van der Waals surface area contributed by atoms with E-state index in [1.54, 1.807) is 29.2 Å². The van der Waals surface area contributed by atoms with Gasteiger partial charge in [-0.3, -0.25) is 4.79 Å². The van der Waals surface area contributed by atoms with Crippen LogP contribution in [0, 0.1) is 5.82 Å². The van der Waals surface area contributed by atoms with Crippen LogP contribution in [0.1, 0.15) is 26.8 Å². The lowest BCUT2D eigenvalue weighted by atomic mass is 10.1. The molecule has 0 saturated carbocycles. The van der Waals surface area contributed by atoms with Gasteiger partial charge < -0.3 is 10.2 Å². The molecule has 1 unspecified atom stereocenters. The van der Waals surface area contributed by atoms with Crippen molar-refractivity contribution in [3.05, 3.63) is 87.9 Å². The lowest BCUT2D eigenvalue weighted by molar-refractivity contribution is 0.0939. The molecule has 28 heavy (non-hydrogen) atoms. The van der Waals surface area contributed by atoms with Crippen LogP contribution in [0.3, 0.4) is 0 Å². The number of thioether (sulfide) groups is 1. The number of carbonyl (C=O) groups is 1. The normalized spacial score (nSPS) is 12.1. The van der Waals surface area contributed by atoms with E-state index in [1.807, 2.05) is 55.4 Å². The molecule has 1 N–H and O–H groups in total. The summed E-state index contributed by atoms with van der Waals surface area (Å²) < 4.78 is 13.6. The minimum absolute atomic E-state index is 0.106. The van der Waals surface area contributed by atoms with Crippen LogP contribution in [-0.2, 0) is 5.75 Å². The maximum absolute atomic E-state index is 13.6. The van der Waals surface area contributed by atoms with E-state index in [1.165, 1.54) is 17.0 Å². The summed E-state index contributed by atoms with van der Waals surface area (Å²) in [6.07, 6.45) is 0. The number of amides is 1. The Bertz CT molecular complexity index is 912. The van der Waals surface area contributed by atoms with Gasteiger partial charge in [-0.05, 0) is 55.4 Å². The van der Waals surface area contributed by atoms with Crippen LogP contribution in [0.4, 0.5) is 4.39 Å². The molecule has 0 aliphatic heterocycles. The second-order valence-corrected chi connectivity index (χ2v) is 8.66. The van der Waals surface area contributed by atoms with Crippen molar-refractivity contribution in [2.75, 3.05) is 20.6 Å². The third-order valence-electron chi connectivity index (χ3n) is 4.39. The van der Waals surface area contributed by atoms with Crippen LogP contribution in [0.5, 0.6) is 0 Å². The van der Waals surface area contributed by atoms with Gasteiger partial charge in [0.05, 0.1) is 11.6 Å². The maximum atomic E-state index is 13.6. The van der Waals surface area contributed by atoms with Gasteiger partial charge in [0.15, 0.2) is 0 Å². The van der Waals surface area contributed by atoms with Gasteiger partial charge in [0.25, 0.3) is 5.91 Å². The summed E-state index contributed by atoms with van der Waals surface area (Å²) in [4.78, 5) is 17.1. The SMILES string of the molecule is CN(C)C(CNC(=O)c1ccccc1SCc1cccs1)c1cccc(F)c1. The van der Waals surface area contributed by atoms with Crippen molar-refractivity contribution in [1.29, 1.82) is 0 Å². The molecule has 6 heteroatoms. The van der Waals surface area contributed by atoms with Crippen molar-refractivity contribution >= 4 is 29.0 Å². The molecule has 1 aromatic heterocycles. The van der Waals surface area contributed by atoms with E-state index in [4.69, 9.17) is 0 Å². The molecule has 0 fully saturated rings. The first-order valence-corrected chi connectivity index (χ1v) is 10.9. The van der Waals surface area contributed by atoms with E-state index in [0.29, 0.717) is 12.1 Å². The average Bonchev–Trinajstić information content (AvgIpc) is 3.20. The summed E-state index contributed by atoms with van der Waals surface area (Å²) in [5.41, 5.74) is 1.51. The van der Waals surface area contributed by atoms with Crippen molar-refractivity contribution in [3.8, 4) is 0 Å². The number of carbonyl (C=O) groups excluding carboxylic acids is 1. The number of hydrogen-bond donors (Lipinski definition) is 1.